The van der Waals surface area contributed by atoms with Gasteiger partial charge in [0.25, 0.3) is 5.91 Å². The summed E-state index contributed by atoms with van der Waals surface area (Å²) in [4.78, 5) is 15.5. The van der Waals surface area contributed by atoms with Crippen LogP contribution in [0.25, 0.3) is 0 Å². The molecule has 0 aromatic carbocycles. The first-order valence-electron chi connectivity index (χ1n) is 9.92. The van der Waals surface area contributed by atoms with Gasteiger partial charge in [-0.2, -0.15) is 5.10 Å². The van der Waals surface area contributed by atoms with Crippen LogP contribution < -0.4 is 5.32 Å². The van der Waals surface area contributed by atoms with Crippen LogP contribution in [0.1, 0.15) is 39.0 Å². The molecule has 1 amide bonds. The first kappa shape index (κ1) is 20.6. The fourth-order valence-electron chi connectivity index (χ4n) is 5.14. The number of amides is 1. The van der Waals surface area contributed by atoms with Crippen LogP contribution in [-0.2, 0) is 15.1 Å². The summed E-state index contributed by atoms with van der Waals surface area (Å²) in [6, 6.07) is 1.89. The van der Waals surface area contributed by atoms with E-state index < -0.39 is 5.54 Å². The van der Waals surface area contributed by atoms with Gasteiger partial charge in [-0.25, -0.2) is 0 Å². The zero-order valence-corrected chi connectivity index (χ0v) is 16.8. The monoisotopic (exact) mass is 398 g/mol. The Morgan fingerprint density at radius 1 is 1.30 bits per heavy atom. The average molecular weight is 399 g/mol. The molecule has 0 bridgehead atoms. The molecule has 3 aliphatic rings. The molecule has 27 heavy (non-hydrogen) atoms. The van der Waals surface area contributed by atoms with Crippen LogP contribution >= 0.6 is 12.4 Å². The average Bonchev–Trinajstić information content (AvgIpc) is 3.23. The molecule has 1 aliphatic carbocycles. The van der Waals surface area contributed by atoms with E-state index >= 15 is 0 Å². The molecule has 2 saturated heterocycles. The van der Waals surface area contributed by atoms with Crippen LogP contribution in [0.5, 0.6) is 0 Å². The van der Waals surface area contributed by atoms with E-state index in [4.69, 9.17) is 4.74 Å². The van der Waals surface area contributed by atoms with Crippen molar-refractivity contribution in [2.75, 3.05) is 32.8 Å². The lowest BCUT2D eigenvalue weighted by Gasteiger charge is -2.57. The molecule has 8 heteroatoms. The second-order valence-corrected chi connectivity index (χ2v) is 7.95. The second-order valence-electron chi connectivity index (χ2n) is 7.95. The Morgan fingerprint density at radius 3 is 2.56 bits per heavy atom. The van der Waals surface area contributed by atoms with Gasteiger partial charge in [-0.3, -0.25) is 9.48 Å². The highest BCUT2D eigenvalue weighted by Gasteiger charge is 2.57. The Labute approximate surface area is 166 Å². The van der Waals surface area contributed by atoms with Gasteiger partial charge in [-0.05, 0) is 51.8 Å². The number of aromatic nitrogens is 2. The minimum absolute atomic E-state index is 0. The van der Waals surface area contributed by atoms with Gasteiger partial charge in [0.15, 0.2) is 0 Å². The maximum absolute atomic E-state index is 13.5. The van der Waals surface area contributed by atoms with Crippen molar-refractivity contribution >= 4 is 18.3 Å². The fourth-order valence-corrected chi connectivity index (χ4v) is 5.14. The summed E-state index contributed by atoms with van der Waals surface area (Å²) in [5.41, 5.74) is -0.726. The molecule has 1 saturated carbocycles. The summed E-state index contributed by atoms with van der Waals surface area (Å²) in [6.07, 6.45) is 7.39. The van der Waals surface area contributed by atoms with E-state index in [1.54, 1.807) is 6.20 Å². The molecule has 1 aromatic heterocycles. The van der Waals surface area contributed by atoms with Gasteiger partial charge in [-0.15, -0.1) is 12.4 Å². The van der Waals surface area contributed by atoms with E-state index in [1.807, 2.05) is 28.8 Å². The van der Waals surface area contributed by atoms with E-state index in [0.717, 1.165) is 45.2 Å². The van der Waals surface area contributed by atoms with Crippen molar-refractivity contribution in [3.05, 3.63) is 18.5 Å². The van der Waals surface area contributed by atoms with Crippen molar-refractivity contribution in [3.8, 4) is 0 Å². The first-order valence-corrected chi connectivity index (χ1v) is 9.92. The number of hydrogen-bond acceptors (Lipinski definition) is 5. The van der Waals surface area contributed by atoms with Crippen molar-refractivity contribution in [1.82, 2.24) is 20.0 Å². The SMILES string of the molecule is CCOC1CC(O)C12CCN(C(=O)C1(n3cccn3)CCNCC1)CC2.Cl. The Hall–Kier alpha value is -1.15. The number of carbonyl (C=O) groups is 1. The number of aliphatic hydroxyl groups excluding tert-OH is 1. The van der Waals surface area contributed by atoms with Gasteiger partial charge in [0, 0.05) is 43.9 Å². The Bertz CT molecular complexity index is 623. The van der Waals surface area contributed by atoms with Crippen molar-refractivity contribution < 1.29 is 14.6 Å². The van der Waals surface area contributed by atoms with Crippen LogP contribution in [0, 0.1) is 5.41 Å². The molecule has 2 unspecified atom stereocenters. The quantitative estimate of drug-likeness (QED) is 0.795. The third-order valence-corrected chi connectivity index (χ3v) is 6.86. The molecule has 2 N–H and O–H groups in total. The standard InChI is InChI=1S/C19H30N4O3.ClH/c1-2-26-16-14-15(24)18(16)6-12-22(13-7-18)17(25)19(4-9-20-10-5-19)23-11-3-8-21-23;/h3,8,11,15-16,20,24H,2,4-7,9-10,12-14H2,1H3;1H. The summed E-state index contributed by atoms with van der Waals surface area (Å²) in [7, 11) is 0. The van der Waals surface area contributed by atoms with Gasteiger partial charge < -0.3 is 20.1 Å². The Balaban J connectivity index is 0.00000210. The van der Waals surface area contributed by atoms with Crippen molar-refractivity contribution in [2.24, 2.45) is 5.41 Å². The summed E-state index contributed by atoms with van der Waals surface area (Å²) in [5.74, 6) is 0.180. The van der Waals surface area contributed by atoms with Crippen molar-refractivity contribution in [1.29, 1.82) is 0 Å². The zero-order valence-electron chi connectivity index (χ0n) is 16.0. The lowest BCUT2D eigenvalue weighted by atomic mass is 9.58. The van der Waals surface area contributed by atoms with Crippen LogP contribution in [0.3, 0.4) is 0 Å². The third-order valence-electron chi connectivity index (χ3n) is 6.86. The number of likely N-dealkylation sites (tertiary alicyclic amines) is 1. The molecule has 2 aliphatic heterocycles. The van der Waals surface area contributed by atoms with Crippen LogP contribution in [0.4, 0.5) is 0 Å². The van der Waals surface area contributed by atoms with E-state index in [0.29, 0.717) is 19.7 Å². The minimum atomic E-state index is -0.573. The first-order chi connectivity index (χ1) is 12.6. The maximum Gasteiger partial charge on any atom is 0.250 e. The summed E-state index contributed by atoms with van der Waals surface area (Å²) >= 11 is 0. The molecule has 152 valence electrons. The van der Waals surface area contributed by atoms with Gasteiger partial charge >= 0.3 is 0 Å². The third kappa shape index (κ3) is 3.28. The number of nitrogens with zero attached hydrogens (tertiary/aromatic N) is 3. The Morgan fingerprint density at radius 2 is 2.00 bits per heavy atom. The lowest BCUT2D eigenvalue weighted by Crippen LogP contribution is -2.64. The minimum Gasteiger partial charge on any atom is -0.392 e. The molecule has 2 atom stereocenters. The number of piperidine rings is 2. The topological polar surface area (TPSA) is 79.6 Å². The van der Waals surface area contributed by atoms with Gasteiger partial charge in [0.2, 0.25) is 0 Å². The highest BCUT2D eigenvalue weighted by Crippen LogP contribution is 2.51. The fraction of sp³-hybridized carbons (Fsp3) is 0.789. The number of ether oxygens (including phenoxy) is 1. The van der Waals surface area contributed by atoms with E-state index in [1.165, 1.54) is 0 Å². The predicted octanol–water partition coefficient (Wildman–Crippen LogP) is 1.16. The van der Waals surface area contributed by atoms with Crippen LogP contribution in [0.2, 0.25) is 0 Å². The number of halogens is 1. The second kappa shape index (κ2) is 8.07. The number of carbonyl (C=O) groups excluding carboxylic acids is 1. The van der Waals surface area contributed by atoms with E-state index in [2.05, 4.69) is 10.4 Å². The maximum atomic E-state index is 13.5. The summed E-state index contributed by atoms with van der Waals surface area (Å²) < 4.78 is 7.71. The van der Waals surface area contributed by atoms with Gasteiger partial charge in [0.1, 0.15) is 5.54 Å². The highest BCUT2D eigenvalue weighted by atomic mass is 35.5. The molecule has 3 heterocycles. The Kier molecular flexibility index (Phi) is 6.15. The molecule has 4 rings (SSSR count). The van der Waals surface area contributed by atoms with Gasteiger partial charge in [-0.1, -0.05) is 0 Å². The molecule has 1 aromatic rings. The smallest absolute Gasteiger partial charge is 0.250 e. The molecule has 0 radical (unpaired) electrons. The zero-order chi connectivity index (χ0) is 18.2. The lowest BCUT2D eigenvalue weighted by molar-refractivity contribution is -0.211. The number of nitrogens with one attached hydrogen (secondary N) is 1. The van der Waals surface area contributed by atoms with Crippen molar-refractivity contribution in [2.45, 2.75) is 56.8 Å². The normalized spacial score (nSPS) is 29.0. The molecular weight excluding hydrogens is 368 g/mol. The van der Waals surface area contributed by atoms with E-state index in [9.17, 15) is 9.90 Å². The molecule has 7 nitrogen and oxygen atoms in total. The molecular formula is C19H31ClN4O3. The van der Waals surface area contributed by atoms with E-state index in [-0.39, 0.29) is 35.9 Å². The molecule has 3 fully saturated rings. The number of hydrogen-bond donors (Lipinski definition) is 2. The van der Waals surface area contributed by atoms with Crippen LogP contribution in [0.15, 0.2) is 18.5 Å². The van der Waals surface area contributed by atoms with Crippen LogP contribution in [-0.4, -0.2) is 70.7 Å². The largest absolute Gasteiger partial charge is 0.392 e. The number of rotatable bonds is 4. The van der Waals surface area contributed by atoms with Crippen molar-refractivity contribution in [3.63, 3.8) is 0 Å². The number of aliphatic hydroxyl groups is 1. The van der Waals surface area contributed by atoms with Gasteiger partial charge in [0.05, 0.1) is 12.2 Å². The summed E-state index contributed by atoms with van der Waals surface area (Å²) in [5, 5.41) is 18.2. The molecule has 1 spiro atoms. The summed E-state index contributed by atoms with van der Waals surface area (Å²) in [6.45, 7) is 5.72. The predicted molar refractivity (Wildman–Crippen MR) is 104 cm³/mol. The highest BCUT2D eigenvalue weighted by molar-refractivity contribution is 5.85.